The molecule has 1 spiro atoms. The molecule has 2 aromatic rings. The summed E-state index contributed by atoms with van der Waals surface area (Å²) in [5.41, 5.74) is 1.57. The maximum absolute atomic E-state index is 13.3. The number of halogens is 1. The molecule has 7 nitrogen and oxygen atoms in total. The molecule has 5 atom stereocenters. The summed E-state index contributed by atoms with van der Waals surface area (Å²) < 4.78 is 13.2. The number of phenols is 1. The summed E-state index contributed by atoms with van der Waals surface area (Å²) >= 11 is 5.03. The largest absolute Gasteiger partial charge is 0.508 e. The van der Waals surface area contributed by atoms with Crippen molar-refractivity contribution >= 4 is 45.2 Å². The summed E-state index contributed by atoms with van der Waals surface area (Å²) in [7, 11) is 4.01. The molecule has 0 radical (unpaired) electrons. The van der Waals surface area contributed by atoms with Crippen molar-refractivity contribution in [2.75, 3.05) is 20.6 Å². The number of carbonyl (C=O) groups excluding carboxylic acids is 2. The lowest BCUT2D eigenvalue weighted by molar-refractivity contribution is -0.134. The van der Waals surface area contributed by atoms with Crippen LogP contribution in [0.3, 0.4) is 0 Å². The third-order valence-corrected chi connectivity index (χ3v) is 10.4. The van der Waals surface area contributed by atoms with Crippen molar-refractivity contribution in [2.45, 2.75) is 56.2 Å². The Bertz CT molecular complexity index is 1290. The van der Waals surface area contributed by atoms with Gasteiger partial charge in [0, 0.05) is 63.4 Å². The van der Waals surface area contributed by atoms with E-state index in [1.807, 2.05) is 29.5 Å². The highest BCUT2D eigenvalue weighted by molar-refractivity contribution is 9.10. The number of piperidine rings is 1. The SMILES string of the molecule is CC(=O)Oc1cc(O)c2c3c1O[C@H]1[C@H](N(C)C(=O)/C=C/c4cc(Br)cs4)CC[C@H]4[C@@H](C2)N(C)CC[C@@]341. The number of aromatic hydroxyl groups is 1. The Morgan fingerprint density at radius 3 is 2.89 bits per heavy atom. The first-order chi connectivity index (χ1) is 17.2. The van der Waals surface area contributed by atoms with E-state index < -0.39 is 5.97 Å². The normalized spacial score (nSPS) is 30.1. The predicted octanol–water partition coefficient (Wildman–Crippen LogP) is 4.35. The predicted molar refractivity (Wildman–Crippen MR) is 141 cm³/mol. The highest BCUT2D eigenvalue weighted by Gasteiger charge is 2.66. The Morgan fingerprint density at radius 2 is 2.17 bits per heavy atom. The van der Waals surface area contributed by atoms with Gasteiger partial charge >= 0.3 is 5.97 Å². The minimum absolute atomic E-state index is 0.0671. The van der Waals surface area contributed by atoms with Crippen LogP contribution in [0, 0.1) is 5.92 Å². The number of esters is 1. The Morgan fingerprint density at radius 1 is 1.36 bits per heavy atom. The second kappa shape index (κ2) is 8.60. The molecule has 0 unspecified atom stereocenters. The summed E-state index contributed by atoms with van der Waals surface area (Å²) in [4.78, 5) is 30.4. The van der Waals surface area contributed by atoms with Crippen LogP contribution >= 0.6 is 27.3 Å². The van der Waals surface area contributed by atoms with Gasteiger partial charge in [-0.05, 0) is 73.3 Å². The third-order valence-electron chi connectivity index (χ3n) is 8.73. The van der Waals surface area contributed by atoms with Crippen LogP contribution in [-0.4, -0.2) is 65.6 Å². The van der Waals surface area contributed by atoms with E-state index >= 15 is 0 Å². The van der Waals surface area contributed by atoms with Gasteiger partial charge in [-0.3, -0.25) is 9.59 Å². The number of amides is 1. The van der Waals surface area contributed by atoms with E-state index in [0.29, 0.717) is 17.7 Å². The van der Waals surface area contributed by atoms with Gasteiger partial charge < -0.3 is 24.4 Å². The molecule has 190 valence electrons. The average molecular weight is 574 g/mol. The van der Waals surface area contributed by atoms with E-state index in [2.05, 4.69) is 27.9 Å². The number of likely N-dealkylation sites (tertiary alicyclic amines) is 1. The molecule has 9 heteroatoms. The smallest absolute Gasteiger partial charge is 0.308 e. The van der Waals surface area contributed by atoms with Gasteiger partial charge in [0.2, 0.25) is 5.91 Å². The zero-order chi connectivity index (χ0) is 25.4. The molecular weight excluding hydrogens is 544 g/mol. The van der Waals surface area contributed by atoms with Crippen LogP contribution in [-0.2, 0) is 21.4 Å². The molecule has 2 bridgehead atoms. The second-order valence-electron chi connectivity index (χ2n) is 10.5. The van der Waals surface area contributed by atoms with E-state index in [0.717, 1.165) is 52.7 Å². The van der Waals surface area contributed by atoms with Gasteiger partial charge in [0.15, 0.2) is 11.5 Å². The van der Waals surface area contributed by atoms with Gasteiger partial charge in [-0.25, -0.2) is 0 Å². The zero-order valence-corrected chi connectivity index (χ0v) is 22.9. The lowest BCUT2D eigenvalue weighted by Crippen LogP contribution is -2.68. The van der Waals surface area contributed by atoms with Crippen LogP contribution in [0.1, 0.15) is 42.2 Å². The summed E-state index contributed by atoms with van der Waals surface area (Å²) in [6, 6.07) is 3.67. The molecule has 4 aliphatic rings. The van der Waals surface area contributed by atoms with E-state index in [9.17, 15) is 14.7 Å². The number of nitrogens with zero attached hydrogens (tertiary/aromatic N) is 2. The van der Waals surface area contributed by atoms with E-state index in [1.165, 1.54) is 13.0 Å². The first-order valence-electron chi connectivity index (χ1n) is 12.3. The first-order valence-corrected chi connectivity index (χ1v) is 14.0. The minimum Gasteiger partial charge on any atom is -0.508 e. The number of thiophene rings is 1. The summed E-state index contributed by atoms with van der Waals surface area (Å²) in [6.07, 6.45) is 6.63. The van der Waals surface area contributed by atoms with Crippen molar-refractivity contribution in [2.24, 2.45) is 5.92 Å². The van der Waals surface area contributed by atoms with Crippen molar-refractivity contribution in [1.29, 1.82) is 0 Å². The quantitative estimate of drug-likeness (QED) is 0.333. The minimum atomic E-state index is -0.454. The summed E-state index contributed by atoms with van der Waals surface area (Å²) in [6.45, 7) is 2.27. The van der Waals surface area contributed by atoms with Gasteiger partial charge in [0.1, 0.15) is 11.9 Å². The first kappa shape index (κ1) is 24.0. The molecule has 3 heterocycles. The van der Waals surface area contributed by atoms with Crippen molar-refractivity contribution in [1.82, 2.24) is 9.80 Å². The highest BCUT2D eigenvalue weighted by Crippen LogP contribution is 2.65. The van der Waals surface area contributed by atoms with Crippen LogP contribution < -0.4 is 9.47 Å². The van der Waals surface area contributed by atoms with Crippen molar-refractivity contribution in [3.8, 4) is 17.2 Å². The molecule has 1 N–H and O–H groups in total. The Hall–Kier alpha value is -2.36. The number of likely N-dealkylation sites (N-methyl/N-ethyl adjacent to an activating group) is 2. The fourth-order valence-corrected chi connectivity index (χ4v) is 8.58. The number of ether oxygens (including phenoxy) is 2. The third kappa shape index (κ3) is 3.46. The molecule has 1 aromatic carbocycles. The monoisotopic (exact) mass is 572 g/mol. The zero-order valence-electron chi connectivity index (χ0n) is 20.5. The van der Waals surface area contributed by atoms with Crippen molar-refractivity contribution in [3.63, 3.8) is 0 Å². The van der Waals surface area contributed by atoms with Crippen molar-refractivity contribution in [3.05, 3.63) is 44.1 Å². The van der Waals surface area contributed by atoms with Crippen LogP contribution in [0.4, 0.5) is 0 Å². The Labute approximate surface area is 222 Å². The molecule has 36 heavy (non-hydrogen) atoms. The summed E-state index contributed by atoms with van der Waals surface area (Å²) in [5, 5.41) is 13.0. The number of phenolic OH excluding ortho intramolecular Hbond substituents is 1. The number of benzene rings is 1. The van der Waals surface area contributed by atoms with Gasteiger partial charge in [-0.2, -0.15) is 0 Å². The van der Waals surface area contributed by atoms with Crippen molar-refractivity contribution < 1.29 is 24.2 Å². The summed E-state index contributed by atoms with van der Waals surface area (Å²) in [5.74, 6) is 0.828. The van der Waals surface area contributed by atoms with Crippen LogP contribution in [0.5, 0.6) is 17.2 Å². The van der Waals surface area contributed by atoms with Gasteiger partial charge in [0.05, 0.1) is 6.04 Å². The molecule has 1 saturated carbocycles. The molecule has 2 fully saturated rings. The molecule has 1 aromatic heterocycles. The van der Waals surface area contributed by atoms with Gasteiger partial charge in [0.25, 0.3) is 0 Å². The second-order valence-corrected chi connectivity index (χ2v) is 12.3. The van der Waals surface area contributed by atoms with E-state index in [-0.39, 0.29) is 35.0 Å². The molecule has 2 aliphatic heterocycles. The fourth-order valence-electron chi connectivity index (χ4n) is 7.24. The number of carbonyl (C=O) groups is 2. The van der Waals surface area contributed by atoms with Crippen LogP contribution in [0.2, 0.25) is 0 Å². The van der Waals surface area contributed by atoms with Crippen LogP contribution in [0.25, 0.3) is 6.08 Å². The molecular formula is C27H29BrN2O5S. The van der Waals surface area contributed by atoms with E-state index in [4.69, 9.17) is 9.47 Å². The molecule has 6 rings (SSSR count). The fraction of sp³-hybridized carbons (Fsp3) is 0.481. The van der Waals surface area contributed by atoms with Gasteiger partial charge in [-0.15, -0.1) is 11.3 Å². The standard InChI is InChI=1S/C27H29BrN2O5S/c1-14(31)34-22-12-21(32)17-11-20-18-5-6-19(30(3)23(33)7-4-16-10-15(28)13-36-16)26-27(18,8-9-29(20)2)24(17)25(22)35-26/h4,7,10,12-13,18-20,26,32H,5-6,8-9,11H2,1-3H3/b7-4+/t18-,19+,20+,26-,27-/m0/s1. The lowest BCUT2D eigenvalue weighted by atomic mass is 9.51. The Balaban J connectivity index is 1.41. The Kier molecular flexibility index (Phi) is 5.73. The number of rotatable bonds is 4. The van der Waals surface area contributed by atoms with Crippen LogP contribution in [0.15, 0.2) is 28.1 Å². The van der Waals surface area contributed by atoms with Gasteiger partial charge in [-0.1, -0.05) is 0 Å². The average Bonchev–Trinajstić information content (AvgIpc) is 3.41. The molecule has 1 amide bonds. The molecule has 2 aliphatic carbocycles. The number of hydrogen-bond acceptors (Lipinski definition) is 7. The maximum Gasteiger partial charge on any atom is 0.308 e. The lowest BCUT2D eigenvalue weighted by Gasteiger charge is -2.59. The topological polar surface area (TPSA) is 79.3 Å². The number of hydrogen-bond donors (Lipinski definition) is 1. The highest BCUT2D eigenvalue weighted by atomic mass is 79.9. The molecule has 1 saturated heterocycles. The van der Waals surface area contributed by atoms with E-state index in [1.54, 1.807) is 17.4 Å². The maximum atomic E-state index is 13.3.